The van der Waals surface area contributed by atoms with E-state index in [2.05, 4.69) is 17.2 Å². The molecule has 2 rings (SSSR count). The van der Waals surface area contributed by atoms with E-state index in [1.807, 2.05) is 43.3 Å². The Kier molecular flexibility index (Phi) is 4.53. The van der Waals surface area contributed by atoms with Crippen LogP contribution in [0.3, 0.4) is 0 Å². The SMILES string of the molecule is CCCNc1cc(C)c([C@@H](O)c2ccccc2)cn1. The maximum Gasteiger partial charge on any atom is 0.126 e. The molecular formula is C16H20N2O. The second kappa shape index (κ2) is 6.34. The van der Waals surface area contributed by atoms with E-state index >= 15 is 0 Å². The first-order valence-electron chi connectivity index (χ1n) is 6.65. The molecule has 3 heteroatoms. The maximum absolute atomic E-state index is 10.4. The van der Waals surface area contributed by atoms with Crippen LogP contribution in [0.1, 0.15) is 36.1 Å². The van der Waals surface area contributed by atoms with Crippen molar-refractivity contribution in [3.8, 4) is 0 Å². The number of aromatic nitrogens is 1. The van der Waals surface area contributed by atoms with Gasteiger partial charge in [-0.15, -0.1) is 0 Å². The van der Waals surface area contributed by atoms with Crippen LogP contribution in [0.5, 0.6) is 0 Å². The Labute approximate surface area is 114 Å². The van der Waals surface area contributed by atoms with Crippen molar-refractivity contribution in [2.45, 2.75) is 26.4 Å². The Balaban J connectivity index is 2.21. The van der Waals surface area contributed by atoms with Gasteiger partial charge in [0.2, 0.25) is 0 Å². The van der Waals surface area contributed by atoms with E-state index in [4.69, 9.17) is 0 Å². The summed E-state index contributed by atoms with van der Waals surface area (Å²) in [6.45, 7) is 5.03. The number of hydrogen-bond acceptors (Lipinski definition) is 3. The number of pyridine rings is 1. The smallest absolute Gasteiger partial charge is 0.126 e. The first kappa shape index (κ1) is 13.6. The number of hydrogen-bond donors (Lipinski definition) is 2. The third-order valence-corrected chi connectivity index (χ3v) is 3.12. The van der Waals surface area contributed by atoms with Gasteiger partial charge < -0.3 is 10.4 Å². The Bertz CT molecular complexity index is 526. The van der Waals surface area contributed by atoms with Crippen molar-refractivity contribution in [2.24, 2.45) is 0 Å². The average Bonchev–Trinajstić information content (AvgIpc) is 2.45. The van der Waals surface area contributed by atoms with E-state index in [9.17, 15) is 5.11 Å². The van der Waals surface area contributed by atoms with Crippen molar-refractivity contribution in [1.82, 2.24) is 4.98 Å². The molecule has 100 valence electrons. The number of anilines is 1. The summed E-state index contributed by atoms with van der Waals surface area (Å²) >= 11 is 0. The highest BCUT2D eigenvalue weighted by atomic mass is 16.3. The standard InChI is InChI=1S/C16H20N2O/c1-3-9-17-15-10-12(2)14(11-18-15)16(19)13-7-5-4-6-8-13/h4-8,10-11,16,19H,3,9H2,1-2H3,(H,17,18)/t16-/m0/s1. The van der Waals surface area contributed by atoms with Crippen LogP contribution in [0.2, 0.25) is 0 Å². The fraction of sp³-hybridized carbons (Fsp3) is 0.312. The van der Waals surface area contributed by atoms with Gasteiger partial charge in [0.15, 0.2) is 0 Å². The molecule has 2 N–H and O–H groups in total. The van der Waals surface area contributed by atoms with Gasteiger partial charge in [0.25, 0.3) is 0 Å². The first-order chi connectivity index (χ1) is 9.22. The highest BCUT2D eigenvalue weighted by Gasteiger charge is 2.13. The van der Waals surface area contributed by atoms with Crippen LogP contribution >= 0.6 is 0 Å². The fourth-order valence-electron chi connectivity index (χ4n) is 2.02. The second-order valence-electron chi connectivity index (χ2n) is 4.67. The molecule has 0 radical (unpaired) electrons. The Morgan fingerprint density at radius 2 is 2.00 bits per heavy atom. The Morgan fingerprint density at radius 3 is 2.63 bits per heavy atom. The third kappa shape index (κ3) is 3.32. The van der Waals surface area contributed by atoms with Gasteiger partial charge in [-0.2, -0.15) is 0 Å². The summed E-state index contributed by atoms with van der Waals surface area (Å²) in [6, 6.07) is 11.6. The van der Waals surface area contributed by atoms with Crippen LogP contribution in [-0.4, -0.2) is 16.6 Å². The number of nitrogens with zero attached hydrogens (tertiary/aromatic N) is 1. The molecule has 0 fully saturated rings. The molecule has 0 bridgehead atoms. The van der Waals surface area contributed by atoms with Crippen molar-refractivity contribution in [2.75, 3.05) is 11.9 Å². The average molecular weight is 256 g/mol. The number of aliphatic hydroxyl groups excluding tert-OH is 1. The highest BCUT2D eigenvalue weighted by molar-refractivity contribution is 5.43. The quantitative estimate of drug-likeness (QED) is 0.862. The summed E-state index contributed by atoms with van der Waals surface area (Å²) in [5.74, 6) is 0.864. The lowest BCUT2D eigenvalue weighted by Gasteiger charge is -2.15. The number of rotatable bonds is 5. The first-order valence-corrected chi connectivity index (χ1v) is 6.65. The molecule has 0 spiro atoms. The predicted molar refractivity (Wildman–Crippen MR) is 78.3 cm³/mol. The molecule has 0 amide bonds. The lowest BCUT2D eigenvalue weighted by atomic mass is 9.99. The van der Waals surface area contributed by atoms with Crippen LogP contribution in [0, 0.1) is 6.92 Å². The van der Waals surface area contributed by atoms with Gasteiger partial charge in [-0.05, 0) is 30.5 Å². The van der Waals surface area contributed by atoms with Crippen LogP contribution in [-0.2, 0) is 0 Å². The van der Waals surface area contributed by atoms with E-state index in [1.54, 1.807) is 6.20 Å². The topological polar surface area (TPSA) is 45.1 Å². The molecule has 1 heterocycles. The molecule has 19 heavy (non-hydrogen) atoms. The largest absolute Gasteiger partial charge is 0.384 e. The molecule has 3 nitrogen and oxygen atoms in total. The number of benzene rings is 1. The summed E-state index contributed by atoms with van der Waals surface area (Å²) < 4.78 is 0. The van der Waals surface area contributed by atoms with Gasteiger partial charge in [0, 0.05) is 18.3 Å². The number of aryl methyl sites for hydroxylation is 1. The third-order valence-electron chi connectivity index (χ3n) is 3.12. The number of nitrogens with one attached hydrogen (secondary N) is 1. The zero-order valence-corrected chi connectivity index (χ0v) is 11.4. The molecule has 0 aliphatic heterocycles. The molecular weight excluding hydrogens is 236 g/mol. The Hall–Kier alpha value is -1.87. The lowest BCUT2D eigenvalue weighted by Crippen LogP contribution is -2.06. The minimum Gasteiger partial charge on any atom is -0.384 e. The van der Waals surface area contributed by atoms with Crippen LogP contribution in [0.25, 0.3) is 0 Å². The van der Waals surface area contributed by atoms with Crippen LogP contribution in [0.15, 0.2) is 42.6 Å². The van der Waals surface area contributed by atoms with Crippen molar-refractivity contribution >= 4 is 5.82 Å². The summed E-state index contributed by atoms with van der Waals surface area (Å²) in [5.41, 5.74) is 2.79. The molecule has 1 aromatic carbocycles. The van der Waals surface area contributed by atoms with E-state index in [0.29, 0.717) is 0 Å². The Morgan fingerprint density at radius 1 is 1.26 bits per heavy atom. The molecule has 0 saturated heterocycles. The minimum absolute atomic E-state index is 0.617. The van der Waals surface area contributed by atoms with Crippen molar-refractivity contribution in [1.29, 1.82) is 0 Å². The van der Waals surface area contributed by atoms with Crippen molar-refractivity contribution < 1.29 is 5.11 Å². The molecule has 0 aliphatic rings. The predicted octanol–water partition coefficient (Wildman–Crippen LogP) is 3.29. The zero-order chi connectivity index (χ0) is 13.7. The summed E-state index contributed by atoms with van der Waals surface area (Å²) in [7, 11) is 0. The monoisotopic (exact) mass is 256 g/mol. The van der Waals surface area contributed by atoms with Crippen LogP contribution in [0.4, 0.5) is 5.82 Å². The summed E-state index contributed by atoms with van der Waals surface area (Å²) in [4.78, 5) is 4.35. The van der Waals surface area contributed by atoms with Gasteiger partial charge in [-0.1, -0.05) is 37.3 Å². The second-order valence-corrected chi connectivity index (χ2v) is 4.67. The molecule has 1 aromatic heterocycles. The molecule has 0 unspecified atom stereocenters. The lowest BCUT2D eigenvalue weighted by molar-refractivity contribution is 0.219. The maximum atomic E-state index is 10.4. The van der Waals surface area contributed by atoms with E-state index in [1.165, 1.54) is 0 Å². The summed E-state index contributed by atoms with van der Waals surface area (Å²) in [6.07, 6.45) is 2.20. The number of aliphatic hydroxyl groups is 1. The van der Waals surface area contributed by atoms with Gasteiger partial charge in [0.05, 0.1) is 0 Å². The molecule has 2 aromatic rings. The van der Waals surface area contributed by atoms with Gasteiger partial charge in [-0.3, -0.25) is 0 Å². The van der Waals surface area contributed by atoms with Crippen molar-refractivity contribution in [3.63, 3.8) is 0 Å². The van der Waals surface area contributed by atoms with Gasteiger partial charge >= 0.3 is 0 Å². The van der Waals surface area contributed by atoms with E-state index in [0.717, 1.165) is 35.5 Å². The fourth-order valence-corrected chi connectivity index (χ4v) is 2.02. The minimum atomic E-state index is -0.617. The van der Waals surface area contributed by atoms with Gasteiger partial charge in [0.1, 0.15) is 11.9 Å². The van der Waals surface area contributed by atoms with Gasteiger partial charge in [-0.25, -0.2) is 4.98 Å². The molecule has 1 atom stereocenters. The van der Waals surface area contributed by atoms with E-state index < -0.39 is 6.10 Å². The normalized spacial score (nSPS) is 12.2. The van der Waals surface area contributed by atoms with Crippen molar-refractivity contribution in [3.05, 3.63) is 59.3 Å². The van der Waals surface area contributed by atoms with E-state index in [-0.39, 0.29) is 0 Å². The zero-order valence-electron chi connectivity index (χ0n) is 11.4. The summed E-state index contributed by atoms with van der Waals surface area (Å²) in [5, 5.41) is 13.6. The molecule has 0 saturated carbocycles. The van der Waals surface area contributed by atoms with Crippen LogP contribution < -0.4 is 5.32 Å². The molecule has 0 aliphatic carbocycles. The highest BCUT2D eigenvalue weighted by Crippen LogP contribution is 2.25.